The Kier molecular flexibility index (Phi) is 5.99. The number of nitrogens with zero attached hydrogens (tertiary/aromatic N) is 2. The van der Waals surface area contributed by atoms with Gasteiger partial charge in [-0.3, -0.25) is 9.69 Å². The molecule has 0 bridgehead atoms. The third-order valence-corrected chi connectivity index (χ3v) is 6.86. The number of carbonyl (C=O) groups excluding carboxylic acids is 1. The maximum atomic E-state index is 12.3. The predicted molar refractivity (Wildman–Crippen MR) is 120 cm³/mol. The molecule has 2 aromatic carbocycles. The molecule has 1 amide bonds. The Balaban J connectivity index is 1.35. The molecular weight excluding hydrogens is 402 g/mol. The van der Waals surface area contributed by atoms with Crippen LogP contribution in [0.1, 0.15) is 40.7 Å². The van der Waals surface area contributed by atoms with E-state index in [1.54, 1.807) is 23.5 Å². The quantitative estimate of drug-likeness (QED) is 0.590. The Labute approximate surface area is 180 Å². The Morgan fingerprint density at radius 1 is 1.21 bits per heavy atom. The van der Waals surface area contributed by atoms with E-state index in [1.165, 1.54) is 9.88 Å². The normalized spacial score (nSPS) is 14.8. The van der Waals surface area contributed by atoms with Gasteiger partial charge < -0.3 is 5.32 Å². The minimum Gasteiger partial charge on any atom is -0.348 e. The molecule has 6 heteroatoms. The van der Waals surface area contributed by atoms with Gasteiger partial charge in [0.1, 0.15) is 0 Å². The summed E-state index contributed by atoms with van der Waals surface area (Å²) >= 11 is 7.87. The Morgan fingerprint density at radius 3 is 2.62 bits per heavy atom. The number of nitrogens with one attached hydrogen (secondary N) is 1. The second kappa shape index (κ2) is 8.66. The van der Waals surface area contributed by atoms with Crippen LogP contribution < -0.4 is 5.32 Å². The van der Waals surface area contributed by atoms with Crippen molar-refractivity contribution in [3.63, 3.8) is 0 Å². The average Bonchev–Trinajstić information content (AvgIpc) is 3.15. The summed E-state index contributed by atoms with van der Waals surface area (Å²) in [4.78, 5) is 20.6. The van der Waals surface area contributed by atoms with E-state index in [-0.39, 0.29) is 5.91 Å². The van der Waals surface area contributed by atoms with Gasteiger partial charge in [0.2, 0.25) is 0 Å². The van der Waals surface area contributed by atoms with Crippen LogP contribution in [-0.4, -0.2) is 34.9 Å². The molecule has 0 unspecified atom stereocenters. The zero-order chi connectivity index (χ0) is 20.4. The molecule has 1 saturated heterocycles. The van der Waals surface area contributed by atoms with Crippen LogP contribution in [0, 0.1) is 0 Å². The first-order chi connectivity index (χ1) is 14.0. The minimum atomic E-state index is -0.164. The number of halogens is 1. The van der Waals surface area contributed by atoms with Crippen molar-refractivity contribution in [2.75, 3.05) is 13.1 Å². The molecule has 1 fully saturated rings. The number of thiazole rings is 1. The predicted octanol–water partition coefficient (Wildman–Crippen LogP) is 5.20. The molecule has 0 saturated carbocycles. The third kappa shape index (κ3) is 4.53. The molecule has 0 spiro atoms. The fourth-order valence-electron chi connectivity index (χ4n) is 3.41. The molecule has 0 radical (unpaired) electrons. The van der Waals surface area contributed by atoms with E-state index in [9.17, 15) is 4.79 Å². The van der Waals surface area contributed by atoms with Gasteiger partial charge in [-0.1, -0.05) is 48.0 Å². The lowest BCUT2D eigenvalue weighted by molar-refractivity contribution is 0.0951. The van der Waals surface area contributed by atoms with Crippen molar-refractivity contribution < 1.29 is 4.79 Å². The molecule has 0 atom stereocenters. The van der Waals surface area contributed by atoms with Crippen molar-refractivity contribution in [3.05, 3.63) is 75.9 Å². The highest BCUT2D eigenvalue weighted by Gasteiger charge is 2.31. The van der Waals surface area contributed by atoms with E-state index in [0.29, 0.717) is 29.1 Å². The molecule has 4 nitrogen and oxygen atoms in total. The van der Waals surface area contributed by atoms with Crippen molar-refractivity contribution in [2.45, 2.75) is 32.4 Å². The largest absolute Gasteiger partial charge is 0.348 e. The summed E-state index contributed by atoms with van der Waals surface area (Å²) in [5.41, 5.74) is 2.70. The van der Waals surface area contributed by atoms with Crippen molar-refractivity contribution in [1.29, 1.82) is 0 Å². The van der Waals surface area contributed by atoms with Gasteiger partial charge in [-0.25, -0.2) is 4.98 Å². The summed E-state index contributed by atoms with van der Waals surface area (Å²) < 4.78 is 0. The molecular formula is C23H24ClN3OS. The van der Waals surface area contributed by atoms with Crippen LogP contribution in [0.4, 0.5) is 0 Å². The van der Waals surface area contributed by atoms with Crippen molar-refractivity contribution in [2.24, 2.45) is 0 Å². The number of benzene rings is 2. The molecule has 1 aromatic heterocycles. The average molecular weight is 426 g/mol. The highest BCUT2D eigenvalue weighted by molar-refractivity contribution is 7.15. The molecule has 2 heterocycles. The Morgan fingerprint density at radius 2 is 1.93 bits per heavy atom. The van der Waals surface area contributed by atoms with E-state index in [1.807, 2.05) is 30.5 Å². The van der Waals surface area contributed by atoms with E-state index >= 15 is 0 Å². The third-order valence-electron chi connectivity index (χ3n) is 5.32. The Hall–Kier alpha value is -2.21. The summed E-state index contributed by atoms with van der Waals surface area (Å²) in [6.07, 6.45) is 1.98. The van der Waals surface area contributed by atoms with Gasteiger partial charge in [0.05, 0.1) is 20.5 Å². The molecule has 150 valence electrons. The zero-order valence-corrected chi connectivity index (χ0v) is 18.1. The van der Waals surface area contributed by atoms with Gasteiger partial charge in [-0.15, -0.1) is 11.3 Å². The molecule has 0 aliphatic carbocycles. The molecule has 1 N–H and O–H groups in total. The van der Waals surface area contributed by atoms with Gasteiger partial charge in [0, 0.05) is 37.8 Å². The molecule has 1 aliphatic heterocycles. The number of rotatable bonds is 6. The molecule has 4 rings (SSSR count). The molecule has 3 aromatic rings. The summed E-state index contributed by atoms with van der Waals surface area (Å²) in [5.74, 6) is 0.401. The SMILES string of the molecule is CC(C)N1CC(c2ncc(-c3ccc(CNC(=O)c4ccccc4Cl)cc3)s2)C1. The lowest BCUT2D eigenvalue weighted by Crippen LogP contribution is -2.48. The molecule has 29 heavy (non-hydrogen) atoms. The standard InChI is InChI=1S/C23H24ClN3OS/c1-15(2)27-13-18(14-27)23-26-12-21(29-23)17-9-7-16(8-10-17)11-25-22(28)19-5-3-4-6-20(19)24/h3-10,12,15,18H,11,13-14H2,1-2H3,(H,25,28). The van der Waals surface area contributed by atoms with Crippen molar-refractivity contribution >= 4 is 28.8 Å². The number of hydrogen-bond donors (Lipinski definition) is 1. The van der Waals surface area contributed by atoms with Gasteiger partial charge >= 0.3 is 0 Å². The lowest BCUT2D eigenvalue weighted by Gasteiger charge is -2.41. The van der Waals surface area contributed by atoms with E-state index in [0.717, 1.165) is 24.2 Å². The molecule has 1 aliphatic rings. The number of carbonyl (C=O) groups is 1. The fourth-order valence-corrected chi connectivity index (χ4v) is 4.64. The fraction of sp³-hybridized carbons (Fsp3) is 0.304. The minimum absolute atomic E-state index is 0.164. The van der Waals surface area contributed by atoms with Crippen LogP contribution >= 0.6 is 22.9 Å². The lowest BCUT2D eigenvalue weighted by atomic mass is 9.99. The highest BCUT2D eigenvalue weighted by atomic mass is 35.5. The zero-order valence-electron chi connectivity index (χ0n) is 16.6. The van der Waals surface area contributed by atoms with Crippen LogP contribution in [0.3, 0.4) is 0 Å². The summed E-state index contributed by atoms with van der Waals surface area (Å²) in [7, 11) is 0. The van der Waals surface area contributed by atoms with E-state index < -0.39 is 0 Å². The van der Waals surface area contributed by atoms with Crippen LogP contribution in [0.2, 0.25) is 5.02 Å². The monoisotopic (exact) mass is 425 g/mol. The second-order valence-electron chi connectivity index (χ2n) is 7.67. The summed E-state index contributed by atoms with van der Waals surface area (Å²) in [6, 6.07) is 16.0. The van der Waals surface area contributed by atoms with Gasteiger partial charge in [0.25, 0.3) is 5.91 Å². The van der Waals surface area contributed by atoms with Gasteiger partial charge in [-0.2, -0.15) is 0 Å². The summed E-state index contributed by atoms with van der Waals surface area (Å²) in [5, 5.41) is 4.62. The van der Waals surface area contributed by atoms with Gasteiger partial charge in [-0.05, 0) is 37.1 Å². The maximum Gasteiger partial charge on any atom is 0.253 e. The smallest absolute Gasteiger partial charge is 0.253 e. The summed E-state index contributed by atoms with van der Waals surface area (Å²) in [6.45, 7) is 7.15. The van der Waals surface area contributed by atoms with Crippen LogP contribution in [0.15, 0.2) is 54.7 Å². The van der Waals surface area contributed by atoms with Crippen LogP contribution in [-0.2, 0) is 6.54 Å². The topological polar surface area (TPSA) is 45.2 Å². The van der Waals surface area contributed by atoms with Crippen molar-refractivity contribution in [3.8, 4) is 10.4 Å². The number of aromatic nitrogens is 1. The number of likely N-dealkylation sites (tertiary alicyclic amines) is 1. The first-order valence-corrected chi connectivity index (χ1v) is 11.0. The number of amides is 1. The van der Waals surface area contributed by atoms with Crippen LogP contribution in [0.25, 0.3) is 10.4 Å². The van der Waals surface area contributed by atoms with E-state index in [4.69, 9.17) is 11.6 Å². The van der Waals surface area contributed by atoms with Crippen molar-refractivity contribution in [1.82, 2.24) is 15.2 Å². The van der Waals surface area contributed by atoms with E-state index in [2.05, 4.69) is 41.2 Å². The first-order valence-electron chi connectivity index (χ1n) is 9.83. The number of hydrogen-bond acceptors (Lipinski definition) is 4. The second-order valence-corrected chi connectivity index (χ2v) is 9.14. The highest BCUT2D eigenvalue weighted by Crippen LogP contribution is 2.35. The van der Waals surface area contributed by atoms with Crippen LogP contribution in [0.5, 0.6) is 0 Å². The Bertz CT molecular complexity index is 993. The van der Waals surface area contributed by atoms with Gasteiger partial charge in [0.15, 0.2) is 0 Å². The maximum absolute atomic E-state index is 12.3. The first kappa shape index (κ1) is 20.1.